The summed E-state index contributed by atoms with van der Waals surface area (Å²) in [5.41, 5.74) is 5.18. The van der Waals surface area contributed by atoms with Crippen LogP contribution in [0.5, 0.6) is 0 Å². The Morgan fingerprint density at radius 3 is 2.03 bits per heavy atom. The van der Waals surface area contributed by atoms with Crippen molar-refractivity contribution in [2.24, 2.45) is 17.8 Å². The van der Waals surface area contributed by atoms with Crippen LogP contribution in [0.25, 0.3) is 33.6 Å². The molecule has 60 heavy (non-hydrogen) atoms. The lowest BCUT2D eigenvalue weighted by atomic mass is 9.78. The van der Waals surface area contributed by atoms with Crippen LogP contribution < -0.4 is 10.6 Å². The molecule has 2 bridgehead atoms. The minimum Gasteiger partial charge on any atom is -0.453 e. The van der Waals surface area contributed by atoms with Gasteiger partial charge in [0.1, 0.15) is 23.4 Å². The predicted molar refractivity (Wildman–Crippen MR) is 215 cm³/mol. The van der Waals surface area contributed by atoms with Crippen LogP contribution in [-0.4, -0.2) is 80.6 Å². The molecular weight excluding hydrogens is 778 g/mol. The van der Waals surface area contributed by atoms with Crippen molar-refractivity contribution in [1.29, 1.82) is 0 Å². The number of aromatic nitrogens is 5. The molecule has 0 radical (unpaired) electrons. The van der Waals surface area contributed by atoms with Gasteiger partial charge in [0, 0.05) is 32.3 Å². The monoisotopic (exact) mass is 824 g/mol. The van der Waals surface area contributed by atoms with Crippen LogP contribution in [0.15, 0.2) is 79.3 Å². The van der Waals surface area contributed by atoms with E-state index in [-0.39, 0.29) is 42.2 Å². The molecule has 3 aromatic heterocycles. The molecule has 4 N–H and O–H groups in total. The maximum absolute atomic E-state index is 13.6. The number of alkyl carbamates (subject to hydrolysis) is 1. The third kappa shape index (κ3) is 8.24. The maximum atomic E-state index is 13.6. The number of H-pyrrole nitrogens is 2. The van der Waals surface area contributed by atoms with Crippen molar-refractivity contribution < 1.29 is 37.0 Å². The van der Waals surface area contributed by atoms with Crippen molar-refractivity contribution in [2.45, 2.75) is 75.9 Å². The van der Waals surface area contributed by atoms with E-state index in [2.05, 4.69) is 42.7 Å². The van der Waals surface area contributed by atoms with Gasteiger partial charge in [-0.25, -0.2) is 14.8 Å². The lowest BCUT2D eigenvalue weighted by molar-refractivity contribution is -0.141. The Bertz CT molecular complexity index is 2310. The first-order valence-corrected chi connectivity index (χ1v) is 20.2. The fraction of sp³-hybridized carbons (Fsp3) is 0.409. The number of methoxy groups -OCH3 is 2. The summed E-state index contributed by atoms with van der Waals surface area (Å²) in [6.07, 6.45) is 3.43. The number of carbonyl (C=O) groups excluding carboxylic acids is 3. The van der Waals surface area contributed by atoms with Crippen LogP contribution in [0.3, 0.4) is 0 Å². The normalized spacial score (nSPS) is 22.1. The van der Waals surface area contributed by atoms with Crippen molar-refractivity contribution in [3.8, 4) is 33.6 Å². The number of amides is 3. The molecule has 1 aliphatic heterocycles. The molecule has 3 amide bonds. The third-order valence-electron chi connectivity index (χ3n) is 12.5. The highest BCUT2D eigenvalue weighted by Crippen LogP contribution is 2.56. The van der Waals surface area contributed by atoms with Crippen LogP contribution in [0.4, 0.5) is 18.0 Å². The first kappa shape index (κ1) is 40.7. The Hall–Kier alpha value is -6.03. The summed E-state index contributed by atoms with van der Waals surface area (Å²) in [4.78, 5) is 60.8. The Morgan fingerprint density at radius 2 is 1.43 bits per heavy atom. The van der Waals surface area contributed by atoms with Gasteiger partial charge in [-0.3, -0.25) is 14.6 Å². The highest BCUT2D eigenvalue weighted by atomic mass is 19.4. The van der Waals surface area contributed by atoms with Gasteiger partial charge in [-0.05, 0) is 84.7 Å². The summed E-state index contributed by atoms with van der Waals surface area (Å²) in [5.74, 6) is 1.30. The van der Waals surface area contributed by atoms with E-state index in [1.165, 1.54) is 20.3 Å². The Balaban J connectivity index is 0.905. The number of pyridine rings is 1. The van der Waals surface area contributed by atoms with E-state index in [1.807, 2.05) is 42.6 Å². The van der Waals surface area contributed by atoms with Crippen LogP contribution in [-0.2, 0) is 31.8 Å². The van der Waals surface area contributed by atoms with Gasteiger partial charge in [0.2, 0.25) is 11.8 Å². The number of halogens is 3. The van der Waals surface area contributed by atoms with Crippen LogP contribution in [0.2, 0.25) is 0 Å². The number of ether oxygens (including phenoxy) is 2. The minimum absolute atomic E-state index is 0.0704. The summed E-state index contributed by atoms with van der Waals surface area (Å²) >= 11 is 0. The molecule has 3 fully saturated rings. The van der Waals surface area contributed by atoms with Crippen LogP contribution in [0.1, 0.15) is 73.9 Å². The van der Waals surface area contributed by atoms with Gasteiger partial charge in [0.15, 0.2) is 0 Å². The molecule has 2 aliphatic carbocycles. The summed E-state index contributed by atoms with van der Waals surface area (Å²) in [5, 5.41) is 5.56. The number of alkyl halides is 3. The van der Waals surface area contributed by atoms with Gasteiger partial charge < -0.3 is 35.0 Å². The lowest BCUT2D eigenvalue weighted by Gasteiger charge is -2.30. The maximum Gasteiger partial charge on any atom is 0.433 e. The number of likely N-dealkylation sites (tertiary alicyclic amines) is 1. The van der Waals surface area contributed by atoms with Gasteiger partial charge >= 0.3 is 12.3 Å². The number of benzene rings is 2. The SMILES string of the molecule is COC(=O)N[C@H](C(=O)N1CCC[C@H]1c1ncc(-c2ccc(-c3ccc(-c4cnc(C5C6CCC(C6)C5C(=O)NCc5ccc(C(F)(F)F)nc5)[nH]4)cc3)cc2)[nH]1)[C@@H](C)OC. The Kier molecular flexibility index (Phi) is 11.5. The van der Waals surface area contributed by atoms with E-state index in [4.69, 9.17) is 14.5 Å². The molecule has 8 rings (SSSR count). The number of carbonyl (C=O) groups is 3. The number of aromatic amines is 2. The molecule has 7 atom stereocenters. The van der Waals surface area contributed by atoms with E-state index in [0.717, 1.165) is 83.8 Å². The quantitative estimate of drug-likeness (QED) is 0.101. The van der Waals surface area contributed by atoms with Crippen LogP contribution >= 0.6 is 0 Å². The van der Waals surface area contributed by atoms with E-state index in [9.17, 15) is 27.6 Å². The first-order valence-electron chi connectivity index (χ1n) is 20.2. The number of hydrogen-bond acceptors (Lipinski definition) is 8. The van der Waals surface area contributed by atoms with Crippen molar-refractivity contribution >= 4 is 17.9 Å². The number of rotatable bonds is 12. The molecule has 2 saturated carbocycles. The number of nitrogens with one attached hydrogen (secondary N) is 4. The molecule has 16 heteroatoms. The molecule has 13 nitrogen and oxygen atoms in total. The first-order chi connectivity index (χ1) is 28.9. The number of fused-ring (bicyclic) bond motifs is 2. The van der Waals surface area contributed by atoms with Gasteiger partial charge in [-0.15, -0.1) is 0 Å². The van der Waals surface area contributed by atoms with Gasteiger partial charge in [0.05, 0.1) is 49.0 Å². The van der Waals surface area contributed by atoms with Gasteiger partial charge in [-0.2, -0.15) is 13.2 Å². The largest absolute Gasteiger partial charge is 0.453 e. The van der Waals surface area contributed by atoms with Crippen molar-refractivity contribution in [3.05, 3.63) is 102 Å². The van der Waals surface area contributed by atoms with E-state index in [1.54, 1.807) is 18.0 Å². The standard InChI is InChI=1S/C44H47F3N8O5/c1-24(59-2)38(54-43(58)60-3)42(57)55-18-4-5-34(55)39-49-22-32(52-39)28-11-7-26(8-12-28)27-9-13-29(14-10-27)33-23-50-40(53-33)36-30-15-16-31(19-30)37(36)41(56)51-21-25-6-17-35(48-20-25)44(45,46)47/h6-14,17,20,22-24,30-31,34,36-38H,4-5,15-16,18-19,21H2,1-3H3,(H,49,52)(H,50,53)(H,51,56)(H,54,58)/t24-,30?,31?,34+,36?,37?,38+/m1/s1. The second-order valence-corrected chi connectivity index (χ2v) is 15.9. The van der Waals surface area contributed by atoms with Gasteiger partial charge in [0.25, 0.3) is 0 Å². The Morgan fingerprint density at radius 1 is 0.817 bits per heavy atom. The van der Waals surface area contributed by atoms with E-state index < -0.39 is 30.1 Å². The molecule has 1 saturated heterocycles. The summed E-state index contributed by atoms with van der Waals surface area (Å²) in [7, 11) is 2.74. The molecule has 5 aromatic rings. The summed E-state index contributed by atoms with van der Waals surface area (Å²) in [6.45, 7) is 2.36. The Labute approximate surface area is 344 Å². The van der Waals surface area contributed by atoms with Crippen LogP contribution in [0, 0.1) is 17.8 Å². The molecule has 3 aliphatic rings. The lowest BCUT2D eigenvalue weighted by Crippen LogP contribution is -2.54. The zero-order chi connectivity index (χ0) is 42.1. The molecule has 4 unspecified atom stereocenters. The summed E-state index contributed by atoms with van der Waals surface area (Å²) < 4.78 is 49.0. The van der Waals surface area contributed by atoms with Crippen molar-refractivity contribution in [1.82, 2.24) is 40.5 Å². The second-order valence-electron chi connectivity index (χ2n) is 15.9. The van der Waals surface area contributed by atoms with E-state index in [0.29, 0.717) is 23.9 Å². The summed E-state index contributed by atoms with van der Waals surface area (Å²) in [6, 6.07) is 17.4. The topological polar surface area (TPSA) is 167 Å². The van der Waals surface area contributed by atoms with Gasteiger partial charge in [-0.1, -0.05) is 54.6 Å². The fourth-order valence-electron chi connectivity index (χ4n) is 9.25. The average Bonchev–Trinajstić information content (AvgIpc) is 4.13. The molecule has 2 aromatic carbocycles. The zero-order valence-electron chi connectivity index (χ0n) is 33.5. The zero-order valence-corrected chi connectivity index (χ0v) is 33.5. The van der Waals surface area contributed by atoms with E-state index >= 15 is 0 Å². The smallest absolute Gasteiger partial charge is 0.433 e. The molecular formula is C44H47F3N8O5. The molecule has 314 valence electrons. The molecule has 0 spiro atoms. The fourth-order valence-corrected chi connectivity index (χ4v) is 9.25. The van der Waals surface area contributed by atoms with Crippen molar-refractivity contribution in [2.75, 3.05) is 20.8 Å². The highest BCUT2D eigenvalue weighted by Gasteiger charge is 2.52. The third-order valence-corrected chi connectivity index (χ3v) is 12.5. The predicted octanol–water partition coefficient (Wildman–Crippen LogP) is 7.42. The number of imidazole rings is 2. The highest BCUT2D eigenvalue weighted by molar-refractivity contribution is 5.87. The minimum atomic E-state index is -4.52. The van der Waals surface area contributed by atoms with Crippen molar-refractivity contribution in [3.63, 3.8) is 0 Å². The second kappa shape index (κ2) is 16.9. The number of hydrogen-bond donors (Lipinski definition) is 4. The molecule has 4 heterocycles. The average molecular weight is 825 g/mol. The number of nitrogens with zero attached hydrogens (tertiary/aromatic N) is 4.